The lowest BCUT2D eigenvalue weighted by Crippen LogP contribution is -2.55. The van der Waals surface area contributed by atoms with Crippen LogP contribution in [0.25, 0.3) is 10.9 Å². The van der Waals surface area contributed by atoms with E-state index in [9.17, 15) is 14.4 Å². The van der Waals surface area contributed by atoms with E-state index < -0.39 is 6.04 Å². The fraction of sp³-hybridized carbons (Fsp3) is 0.591. The van der Waals surface area contributed by atoms with Crippen LogP contribution in [0.15, 0.2) is 18.5 Å². The van der Waals surface area contributed by atoms with Gasteiger partial charge in [0, 0.05) is 30.6 Å². The van der Waals surface area contributed by atoms with E-state index in [2.05, 4.69) is 29.2 Å². The van der Waals surface area contributed by atoms with Gasteiger partial charge in [-0.2, -0.15) is 5.10 Å². The lowest BCUT2D eigenvalue weighted by Gasteiger charge is -2.43. The predicted molar refractivity (Wildman–Crippen MR) is 110 cm³/mol. The van der Waals surface area contributed by atoms with Gasteiger partial charge in [-0.15, -0.1) is 0 Å². The topological polar surface area (TPSA) is 97.2 Å². The number of hydrogen-bond acceptors (Lipinski definition) is 5. The van der Waals surface area contributed by atoms with Crippen molar-refractivity contribution in [3.05, 3.63) is 24.2 Å². The van der Waals surface area contributed by atoms with Gasteiger partial charge in [-0.3, -0.25) is 24.0 Å². The van der Waals surface area contributed by atoms with Crippen LogP contribution in [0.1, 0.15) is 56.9 Å². The van der Waals surface area contributed by atoms with Crippen molar-refractivity contribution in [1.82, 2.24) is 25.0 Å². The summed E-state index contributed by atoms with van der Waals surface area (Å²) in [6.07, 6.45) is 6.89. The molecule has 2 aromatic rings. The Hall–Kier alpha value is -2.77. The van der Waals surface area contributed by atoms with Gasteiger partial charge in [0.05, 0.1) is 11.7 Å². The van der Waals surface area contributed by atoms with Gasteiger partial charge in [0.25, 0.3) is 0 Å². The Morgan fingerprint density at radius 2 is 2.00 bits per heavy atom. The Balaban J connectivity index is 1.34. The molecular formula is C22H27N5O3. The molecule has 1 aliphatic heterocycles. The molecule has 5 rings (SSSR count). The van der Waals surface area contributed by atoms with E-state index in [0.29, 0.717) is 22.5 Å². The minimum absolute atomic E-state index is 0.00106. The van der Waals surface area contributed by atoms with Crippen LogP contribution >= 0.6 is 0 Å². The summed E-state index contributed by atoms with van der Waals surface area (Å²) >= 11 is 0. The van der Waals surface area contributed by atoms with Crippen molar-refractivity contribution in [2.45, 2.75) is 71.1 Å². The molecule has 0 radical (unpaired) electrons. The smallest absolute Gasteiger partial charge is 0.245 e. The van der Waals surface area contributed by atoms with Crippen LogP contribution in [0, 0.1) is 11.3 Å². The molecule has 1 N–H and O–H groups in total. The molecule has 3 fully saturated rings. The van der Waals surface area contributed by atoms with Crippen LogP contribution in [0.5, 0.6) is 0 Å². The number of piperidine rings is 1. The maximum atomic E-state index is 13.2. The molecule has 2 amide bonds. The van der Waals surface area contributed by atoms with Crippen LogP contribution in [0.4, 0.5) is 0 Å². The van der Waals surface area contributed by atoms with Crippen LogP contribution in [-0.4, -0.2) is 55.4 Å². The quantitative estimate of drug-likeness (QED) is 0.761. The third-order valence-corrected chi connectivity index (χ3v) is 6.81. The van der Waals surface area contributed by atoms with E-state index in [1.165, 1.54) is 6.92 Å². The summed E-state index contributed by atoms with van der Waals surface area (Å²) in [4.78, 5) is 44.0. The number of fused-ring (bicyclic) bond motifs is 2. The highest BCUT2D eigenvalue weighted by atomic mass is 16.2. The molecule has 0 spiro atoms. The summed E-state index contributed by atoms with van der Waals surface area (Å²) in [5.41, 5.74) is 1.28. The maximum absolute atomic E-state index is 13.2. The summed E-state index contributed by atoms with van der Waals surface area (Å²) < 4.78 is 1.54. The lowest BCUT2D eigenvalue weighted by atomic mass is 9.68. The first-order valence-corrected chi connectivity index (χ1v) is 10.7. The Morgan fingerprint density at radius 1 is 1.23 bits per heavy atom. The average molecular weight is 409 g/mol. The second kappa shape index (κ2) is 6.62. The molecule has 158 valence electrons. The summed E-state index contributed by atoms with van der Waals surface area (Å²) in [7, 11) is 0. The number of carbonyl (C=O) groups excluding carboxylic acids is 3. The number of carbonyl (C=O) groups is 3. The third kappa shape index (κ3) is 3.18. The van der Waals surface area contributed by atoms with Crippen LogP contribution in [0.3, 0.4) is 0 Å². The first kappa shape index (κ1) is 19.2. The SMILES string of the molecule is CC(=O)c1nn(CC(=O)N2[C@@H]3C[C@@H]3C[C@H]2C(=O)NC2CC(C)(C)C2)c2cnccc12. The molecule has 3 heterocycles. The summed E-state index contributed by atoms with van der Waals surface area (Å²) in [5, 5.41) is 8.21. The zero-order chi connectivity index (χ0) is 21.2. The number of likely N-dealkylation sites (tertiary alicyclic amines) is 1. The monoisotopic (exact) mass is 409 g/mol. The van der Waals surface area contributed by atoms with Gasteiger partial charge >= 0.3 is 0 Å². The average Bonchev–Trinajstić information content (AvgIpc) is 3.16. The summed E-state index contributed by atoms with van der Waals surface area (Å²) in [5.74, 6) is 0.109. The van der Waals surface area contributed by atoms with Crippen molar-refractivity contribution < 1.29 is 14.4 Å². The zero-order valence-electron chi connectivity index (χ0n) is 17.6. The van der Waals surface area contributed by atoms with E-state index >= 15 is 0 Å². The molecule has 8 nitrogen and oxygen atoms in total. The lowest BCUT2D eigenvalue weighted by molar-refractivity contribution is -0.141. The van der Waals surface area contributed by atoms with Gasteiger partial charge in [0.15, 0.2) is 5.78 Å². The number of rotatable bonds is 5. The number of ketones is 1. The van der Waals surface area contributed by atoms with Crippen LogP contribution in [0.2, 0.25) is 0 Å². The number of amides is 2. The van der Waals surface area contributed by atoms with Crippen molar-refractivity contribution in [3.8, 4) is 0 Å². The predicted octanol–water partition coefficient (Wildman–Crippen LogP) is 1.93. The molecule has 2 aliphatic carbocycles. The van der Waals surface area contributed by atoms with Gasteiger partial charge in [-0.1, -0.05) is 13.8 Å². The number of Topliss-reactive ketones (excluding diaryl/α,β-unsaturated/α-hetero) is 1. The highest BCUT2D eigenvalue weighted by molar-refractivity contribution is 6.04. The summed E-state index contributed by atoms with van der Waals surface area (Å²) in [6.45, 7) is 5.87. The van der Waals surface area contributed by atoms with Crippen molar-refractivity contribution in [2.75, 3.05) is 0 Å². The highest BCUT2D eigenvalue weighted by Gasteiger charge is 2.56. The Labute approximate surface area is 175 Å². The Bertz CT molecular complexity index is 1050. The largest absolute Gasteiger partial charge is 0.352 e. The molecule has 2 saturated carbocycles. The summed E-state index contributed by atoms with van der Waals surface area (Å²) in [6, 6.07) is 1.69. The minimum atomic E-state index is -0.405. The fourth-order valence-electron chi connectivity index (χ4n) is 5.33. The Morgan fingerprint density at radius 3 is 2.70 bits per heavy atom. The van der Waals surface area contributed by atoms with E-state index in [4.69, 9.17) is 0 Å². The standard InChI is InChI=1S/C22H27N5O3/c1-12(28)20-15-4-5-23-10-18(15)26(25-20)11-19(29)27-16-6-13(16)7-17(27)21(30)24-14-8-22(2,3)9-14/h4-5,10,13-14,16-17H,6-9,11H2,1-3H3,(H,24,30)/t13-,16-,17+/m1/s1. The third-order valence-electron chi connectivity index (χ3n) is 6.81. The van der Waals surface area contributed by atoms with E-state index in [1.54, 1.807) is 28.0 Å². The number of pyridine rings is 1. The zero-order valence-corrected chi connectivity index (χ0v) is 17.6. The van der Waals surface area contributed by atoms with E-state index in [0.717, 1.165) is 25.7 Å². The normalized spacial score (nSPS) is 26.9. The minimum Gasteiger partial charge on any atom is -0.352 e. The Kier molecular flexibility index (Phi) is 4.24. The van der Waals surface area contributed by atoms with Gasteiger partial charge in [0.1, 0.15) is 18.3 Å². The number of aromatic nitrogens is 3. The number of nitrogens with one attached hydrogen (secondary N) is 1. The first-order chi connectivity index (χ1) is 14.2. The number of hydrogen-bond donors (Lipinski definition) is 1. The molecule has 0 unspecified atom stereocenters. The molecule has 1 saturated heterocycles. The molecular weight excluding hydrogens is 382 g/mol. The second-order valence-corrected chi connectivity index (χ2v) is 9.85. The van der Waals surface area contributed by atoms with Gasteiger partial charge in [0.2, 0.25) is 11.8 Å². The fourth-order valence-corrected chi connectivity index (χ4v) is 5.33. The van der Waals surface area contributed by atoms with E-state index in [-0.39, 0.29) is 41.6 Å². The van der Waals surface area contributed by atoms with Crippen molar-refractivity contribution in [3.63, 3.8) is 0 Å². The van der Waals surface area contributed by atoms with Crippen LogP contribution in [-0.2, 0) is 16.1 Å². The van der Waals surface area contributed by atoms with Crippen molar-refractivity contribution in [1.29, 1.82) is 0 Å². The molecule has 8 heteroatoms. The molecule has 0 aromatic carbocycles. The van der Waals surface area contributed by atoms with Gasteiger partial charge in [-0.25, -0.2) is 0 Å². The molecule has 2 aromatic heterocycles. The second-order valence-electron chi connectivity index (χ2n) is 9.85. The highest BCUT2D eigenvalue weighted by Crippen LogP contribution is 2.48. The molecule has 0 bridgehead atoms. The van der Waals surface area contributed by atoms with Crippen molar-refractivity contribution >= 4 is 28.5 Å². The molecule has 30 heavy (non-hydrogen) atoms. The van der Waals surface area contributed by atoms with Crippen LogP contribution < -0.4 is 5.32 Å². The molecule has 3 aliphatic rings. The van der Waals surface area contributed by atoms with Gasteiger partial charge in [-0.05, 0) is 43.1 Å². The number of nitrogens with zero attached hydrogens (tertiary/aromatic N) is 4. The first-order valence-electron chi connectivity index (χ1n) is 10.7. The van der Waals surface area contributed by atoms with E-state index in [1.807, 2.05) is 0 Å². The van der Waals surface area contributed by atoms with Gasteiger partial charge < -0.3 is 10.2 Å². The van der Waals surface area contributed by atoms with Crippen molar-refractivity contribution in [2.24, 2.45) is 11.3 Å². The molecule has 3 atom stereocenters. The maximum Gasteiger partial charge on any atom is 0.245 e.